The lowest BCUT2D eigenvalue weighted by molar-refractivity contribution is -0.166. The van der Waals surface area contributed by atoms with E-state index >= 15 is 0 Å². The molecular formula is C8H14O3. The van der Waals surface area contributed by atoms with Crippen LogP contribution in [-0.2, 0) is 14.2 Å². The average molecular weight is 158 g/mol. The van der Waals surface area contributed by atoms with Crippen LogP contribution in [0, 0.1) is 0 Å². The zero-order valence-electron chi connectivity index (χ0n) is 6.95. The average Bonchev–Trinajstić information content (AvgIpc) is 2.30. The van der Waals surface area contributed by atoms with Crippen LogP contribution in [0.5, 0.6) is 0 Å². The highest BCUT2D eigenvalue weighted by Gasteiger charge is 2.42. The normalized spacial score (nSPS) is 49.6. The minimum absolute atomic E-state index is 0.103. The van der Waals surface area contributed by atoms with Gasteiger partial charge in [-0.2, -0.15) is 0 Å². The van der Waals surface area contributed by atoms with Crippen LogP contribution in [0.4, 0.5) is 0 Å². The number of hydrogen-bond donors (Lipinski definition) is 0. The standard InChI is InChI=1S/C8H14O3/c1-5-6-3-4-7(9-2)8(10-5)11-6/h5-8H,3-4H2,1-2H3/t5-,6+,7+,8?/m0/s1. The van der Waals surface area contributed by atoms with Crippen molar-refractivity contribution >= 4 is 0 Å². The Morgan fingerprint density at radius 1 is 1.27 bits per heavy atom. The topological polar surface area (TPSA) is 27.7 Å². The largest absolute Gasteiger partial charge is 0.376 e. The minimum atomic E-state index is -0.103. The predicted octanol–water partition coefficient (Wildman–Crippen LogP) is 0.925. The van der Waals surface area contributed by atoms with Gasteiger partial charge in [-0.15, -0.1) is 0 Å². The lowest BCUT2D eigenvalue weighted by atomic mass is 10.1. The monoisotopic (exact) mass is 158 g/mol. The summed E-state index contributed by atoms with van der Waals surface area (Å²) in [5.41, 5.74) is 0. The highest BCUT2D eigenvalue weighted by atomic mass is 16.7. The van der Waals surface area contributed by atoms with Crippen LogP contribution in [0.3, 0.4) is 0 Å². The van der Waals surface area contributed by atoms with Crippen molar-refractivity contribution < 1.29 is 14.2 Å². The molecule has 2 saturated heterocycles. The van der Waals surface area contributed by atoms with E-state index in [0.717, 1.165) is 12.8 Å². The van der Waals surface area contributed by atoms with Gasteiger partial charge in [0.25, 0.3) is 0 Å². The molecule has 2 fully saturated rings. The van der Waals surface area contributed by atoms with Crippen molar-refractivity contribution in [2.24, 2.45) is 0 Å². The summed E-state index contributed by atoms with van der Waals surface area (Å²) >= 11 is 0. The highest BCUT2D eigenvalue weighted by molar-refractivity contribution is 4.84. The quantitative estimate of drug-likeness (QED) is 0.568. The van der Waals surface area contributed by atoms with Crippen LogP contribution in [0.25, 0.3) is 0 Å². The molecule has 0 spiro atoms. The van der Waals surface area contributed by atoms with Gasteiger partial charge < -0.3 is 14.2 Å². The maximum absolute atomic E-state index is 5.57. The van der Waals surface area contributed by atoms with Crippen LogP contribution in [0.2, 0.25) is 0 Å². The number of hydrogen-bond acceptors (Lipinski definition) is 3. The van der Waals surface area contributed by atoms with Crippen molar-refractivity contribution in [1.29, 1.82) is 0 Å². The molecule has 0 N–H and O–H groups in total. The molecule has 3 nitrogen and oxygen atoms in total. The van der Waals surface area contributed by atoms with Gasteiger partial charge >= 0.3 is 0 Å². The van der Waals surface area contributed by atoms with Crippen LogP contribution in [0.15, 0.2) is 0 Å². The Bertz CT molecular complexity index is 146. The van der Waals surface area contributed by atoms with Gasteiger partial charge in [0.2, 0.25) is 0 Å². The second-order valence-electron chi connectivity index (χ2n) is 3.24. The Balaban J connectivity index is 2.03. The molecule has 0 saturated carbocycles. The Kier molecular flexibility index (Phi) is 1.87. The van der Waals surface area contributed by atoms with Gasteiger partial charge in [0.1, 0.15) is 6.10 Å². The Morgan fingerprint density at radius 3 is 2.82 bits per heavy atom. The number of ether oxygens (including phenoxy) is 3. The summed E-state index contributed by atoms with van der Waals surface area (Å²) in [5.74, 6) is 0. The van der Waals surface area contributed by atoms with E-state index in [1.165, 1.54) is 0 Å². The number of fused-ring (bicyclic) bond motifs is 2. The Labute approximate surface area is 66.6 Å². The summed E-state index contributed by atoms with van der Waals surface area (Å²) in [6, 6.07) is 0. The molecule has 2 aliphatic heterocycles. The molecule has 1 unspecified atom stereocenters. The van der Waals surface area contributed by atoms with Gasteiger partial charge in [0, 0.05) is 7.11 Å². The molecule has 2 aliphatic rings. The smallest absolute Gasteiger partial charge is 0.184 e. The predicted molar refractivity (Wildman–Crippen MR) is 39.2 cm³/mol. The fourth-order valence-electron chi connectivity index (χ4n) is 1.79. The number of methoxy groups -OCH3 is 1. The Hall–Kier alpha value is -0.120. The van der Waals surface area contributed by atoms with Gasteiger partial charge in [0.05, 0.1) is 12.2 Å². The summed E-state index contributed by atoms with van der Waals surface area (Å²) in [5, 5.41) is 0. The highest BCUT2D eigenvalue weighted by Crippen LogP contribution is 2.32. The first kappa shape index (κ1) is 7.53. The molecular weight excluding hydrogens is 144 g/mol. The summed E-state index contributed by atoms with van der Waals surface area (Å²) in [7, 11) is 1.71. The second-order valence-corrected chi connectivity index (χ2v) is 3.24. The van der Waals surface area contributed by atoms with Crippen molar-refractivity contribution in [2.75, 3.05) is 7.11 Å². The molecule has 2 rings (SSSR count). The lowest BCUT2D eigenvalue weighted by Gasteiger charge is -2.25. The van der Waals surface area contributed by atoms with E-state index < -0.39 is 0 Å². The molecule has 64 valence electrons. The molecule has 3 heteroatoms. The summed E-state index contributed by atoms with van der Waals surface area (Å²) in [6.45, 7) is 2.06. The van der Waals surface area contributed by atoms with Crippen LogP contribution >= 0.6 is 0 Å². The van der Waals surface area contributed by atoms with E-state index in [2.05, 4.69) is 6.92 Å². The van der Waals surface area contributed by atoms with E-state index in [4.69, 9.17) is 14.2 Å². The third-order valence-corrected chi connectivity index (χ3v) is 2.52. The fraction of sp³-hybridized carbons (Fsp3) is 1.00. The zero-order valence-corrected chi connectivity index (χ0v) is 6.95. The van der Waals surface area contributed by atoms with E-state index in [1.807, 2.05) is 0 Å². The van der Waals surface area contributed by atoms with Crippen molar-refractivity contribution in [3.63, 3.8) is 0 Å². The SMILES string of the molecule is CO[C@@H]1CC[C@H]2OC1O[C@H]2C. The van der Waals surface area contributed by atoms with E-state index in [0.29, 0.717) is 6.10 Å². The summed E-state index contributed by atoms with van der Waals surface area (Å²) in [6.07, 6.45) is 2.74. The van der Waals surface area contributed by atoms with Crippen molar-refractivity contribution in [1.82, 2.24) is 0 Å². The third-order valence-electron chi connectivity index (χ3n) is 2.52. The first-order valence-electron chi connectivity index (χ1n) is 4.15. The zero-order chi connectivity index (χ0) is 7.84. The fourth-order valence-corrected chi connectivity index (χ4v) is 1.79. The van der Waals surface area contributed by atoms with Crippen LogP contribution < -0.4 is 0 Å². The minimum Gasteiger partial charge on any atom is -0.376 e. The van der Waals surface area contributed by atoms with Gasteiger partial charge in [-0.1, -0.05) is 0 Å². The Morgan fingerprint density at radius 2 is 2.09 bits per heavy atom. The van der Waals surface area contributed by atoms with Crippen LogP contribution in [0.1, 0.15) is 19.8 Å². The molecule has 2 bridgehead atoms. The molecule has 4 atom stereocenters. The summed E-state index contributed by atoms with van der Waals surface area (Å²) in [4.78, 5) is 0. The number of rotatable bonds is 1. The van der Waals surface area contributed by atoms with E-state index in [1.54, 1.807) is 7.11 Å². The first-order chi connectivity index (χ1) is 5.31. The molecule has 0 aromatic carbocycles. The molecule has 0 aromatic rings. The van der Waals surface area contributed by atoms with Crippen molar-refractivity contribution in [3.8, 4) is 0 Å². The van der Waals surface area contributed by atoms with Gasteiger partial charge in [-0.05, 0) is 19.8 Å². The lowest BCUT2D eigenvalue weighted by Crippen LogP contribution is -2.34. The molecule has 0 amide bonds. The third kappa shape index (κ3) is 1.17. The van der Waals surface area contributed by atoms with Gasteiger partial charge in [-0.3, -0.25) is 0 Å². The molecule has 0 aliphatic carbocycles. The van der Waals surface area contributed by atoms with Crippen LogP contribution in [-0.4, -0.2) is 31.7 Å². The van der Waals surface area contributed by atoms with E-state index in [9.17, 15) is 0 Å². The van der Waals surface area contributed by atoms with Crippen molar-refractivity contribution in [3.05, 3.63) is 0 Å². The molecule has 0 aromatic heterocycles. The maximum Gasteiger partial charge on any atom is 0.184 e. The molecule has 0 radical (unpaired) electrons. The first-order valence-corrected chi connectivity index (χ1v) is 4.15. The molecule has 11 heavy (non-hydrogen) atoms. The maximum atomic E-state index is 5.57. The molecule has 2 heterocycles. The summed E-state index contributed by atoms with van der Waals surface area (Å²) < 4.78 is 16.3. The van der Waals surface area contributed by atoms with Gasteiger partial charge in [0.15, 0.2) is 6.29 Å². The second kappa shape index (κ2) is 2.73. The van der Waals surface area contributed by atoms with E-state index in [-0.39, 0.29) is 18.5 Å². The van der Waals surface area contributed by atoms with Gasteiger partial charge in [-0.25, -0.2) is 0 Å². The van der Waals surface area contributed by atoms with Crippen molar-refractivity contribution in [2.45, 2.75) is 44.4 Å².